The Morgan fingerprint density at radius 1 is 1.37 bits per heavy atom. The number of nitrogens with zero attached hydrogens (tertiary/aromatic N) is 2. The molecule has 0 radical (unpaired) electrons. The van der Waals surface area contributed by atoms with Crippen LogP contribution in [0, 0.1) is 0 Å². The molecule has 0 aliphatic heterocycles. The van der Waals surface area contributed by atoms with Crippen molar-refractivity contribution in [2.45, 2.75) is 32.7 Å². The van der Waals surface area contributed by atoms with E-state index in [0.717, 1.165) is 27.4 Å². The standard InChI is InChI=1S/C14H18BrN3S/c1-14(2,3)12-10(8-16-4)19-13(18-12)11-9(15)6-5-7-17-11/h5-7,16H,8H2,1-4H3. The zero-order chi connectivity index (χ0) is 14.0. The molecular formula is C14H18BrN3S. The van der Waals surface area contributed by atoms with Gasteiger partial charge in [-0.3, -0.25) is 4.98 Å². The highest BCUT2D eigenvalue weighted by Gasteiger charge is 2.24. The fraction of sp³-hybridized carbons (Fsp3) is 0.429. The quantitative estimate of drug-likeness (QED) is 0.918. The molecule has 2 aromatic rings. The van der Waals surface area contributed by atoms with Gasteiger partial charge in [0.25, 0.3) is 0 Å². The van der Waals surface area contributed by atoms with Crippen LogP contribution in [-0.4, -0.2) is 17.0 Å². The van der Waals surface area contributed by atoms with Crippen molar-refractivity contribution in [1.82, 2.24) is 15.3 Å². The first-order valence-corrected chi connectivity index (χ1v) is 7.80. The van der Waals surface area contributed by atoms with Gasteiger partial charge in [0.2, 0.25) is 0 Å². The molecule has 19 heavy (non-hydrogen) atoms. The fourth-order valence-corrected chi connectivity index (χ4v) is 3.73. The van der Waals surface area contributed by atoms with Gasteiger partial charge in [0.05, 0.1) is 5.69 Å². The van der Waals surface area contributed by atoms with Crippen LogP contribution in [-0.2, 0) is 12.0 Å². The number of hydrogen-bond donors (Lipinski definition) is 1. The van der Waals surface area contributed by atoms with Gasteiger partial charge in [-0.2, -0.15) is 0 Å². The van der Waals surface area contributed by atoms with Gasteiger partial charge in [-0.05, 0) is 35.1 Å². The Hall–Kier alpha value is -0.780. The Balaban J connectivity index is 2.52. The van der Waals surface area contributed by atoms with Crippen LogP contribution in [0.15, 0.2) is 22.8 Å². The molecule has 2 aromatic heterocycles. The third-order valence-electron chi connectivity index (χ3n) is 2.71. The van der Waals surface area contributed by atoms with Crippen molar-refractivity contribution in [3.05, 3.63) is 33.4 Å². The van der Waals surface area contributed by atoms with E-state index in [4.69, 9.17) is 4.98 Å². The molecule has 0 unspecified atom stereocenters. The molecular weight excluding hydrogens is 322 g/mol. The van der Waals surface area contributed by atoms with Crippen LogP contribution in [0.1, 0.15) is 31.3 Å². The first-order chi connectivity index (χ1) is 8.93. The average Bonchev–Trinajstić information content (AvgIpc) is 2.74. The van der Waals surface area contributed by atoms with E-state index < -0.39 is 0 Å². The lowest BCUT2D eigenvalue weighted by molar-refractivity contribution is 0.563. The maximum atomic E-state index is 4.82. The Labute approximate surface area is 126 Å². The number of thiazole rings is 1. The largest absolute Gasteiger partial charge is 0.315 e. The summed E-state index contributed by atoms with van der Waals surface area (Å²) in [6.45, 7) is 7.42. The molecule has 0 amide bonds. The summed E-state index contributed by atoms with van der Waals surface area (Å²) in [4.78, 5) is 10.5. The van der Waals surface area contributed by atoms with Crippen LogP contribution in [0.3, 0.4) is 0 Å². The number of pyridine rings is 1. The molecule has 0 saturated heterocycles. The van der Waals surface area contributed by atoms with Gasteiger partial charge in [0, 0.05) is 27.5 Å². The van der Waals surface area contributed by atoms with Gasteiger partial charge in [-0.1, -0.05) is 20.8 Å². The second-order valence-corrected chi connectivity index (χ2v) is 7.34. The number of rotatable bonds is 3. The minimum atomic E-state index is 0.0438. The lowest BCUT2D eigenvalue weighted by atomic mass is 9.91. The Morgan fingerprint density at radius 3 is 2.68 bits per heavy atom. The molecule has 2 heterocycles. The van der Waals surface area contributed by atoms with Crippen LogP contribution in [0.2, 0.25) is 0 Å². The molecule has 0 spiro atoms. The van der Waals surface area contributed by atoms with Crippen molar-refractivity contribution >= 4 is 27.3 Å². The summed E-state index contributed by atoms with van der Waals surface area (Å²) < 4.78 is 0.986. The average molecular weight is 340 g/mol. The Bertz CT molecular complexity index is 572. The van der Waals surface area contributed by atoms with Gasteiger partial charge in [-0.15, -0.1) is 11.3 Å². The summed E-state index contributed by atoms with van der Waals surface area (Å²) in [7, 11) is 1.96. The molecule has 102 valence electrons. The van der Waals surface area contributed by atoms with E-state index in [9.17, 15) is 0 Å². The van der Waals surface area contributed by atoms with Crippen molar-refractivity contribution in [3.63, 3.8) is 0 Å². The predicted octanol–water partition coefficient (Wildman–Crippen LogP) is 3.98. The predicted molar refractivity (Wildman–Crippen MR) is 84.5 cm³/mol. The van der Waals surface area contributed by atoms with Gasteiger partial charge in [0.15, 0.2) is 0 Å². The van der Waals surface area contributed by atoms with E-state index in [2.05, 4.69) is 47.0 Å². The van der Waals surface area contributed by atoms with E-state index in [1.165, 1.54) is 4.88 Å². The Kier molecular flexibility index (Phi) is 4.38. The van der Waals surface area contributed by atoms with Crippen LogP contribution in [0.5, 0.6) is 0 Å². The van der Waals surface area contributed by atoms with Crippen LogP contribution in [0.4, 0.5) is 0 Å². The Morgan fingerprint density at radius 2 is 2.11 bits per heavy atom. The van der Waals surface area contributed by atoms with Gasteiger partial charge >= 0.3 is 0 Å². The molecule has 0 atom stereocenters. The molecule has 0 aliphatic carbocycles. The summed E-state index contributed by atoms with van der Waals surface area (Å²) in [6.07, 6.45) is 1.80. The van der Waals surface area contributed by atoms with E-state index in [1.807, 2.05) is 19.2 Å². The highest BCUT2D eigenvalue weighted by Crippen LogP contribution is 2.35. The minimum absolute atomic E-state index is 0.0438. The number of aromatic nitrogens is 2. The van der Waals surface area contributed by atoms with Crippen molar-refractivity contribution in [2.24, 2.45) is 0 Å². The summed E-state index contributed by atoms with van der Waals surface area (Å²) in [5.74, 6) is 0. The molecule has 0 aliphatic rings. The summed E-state index contributed by atoms with van der Waals surface area (Å²) in [5.41, 5.74) is 2.11. The zero-order valence-electron chi connectivity index (χ0n) is 11.6. The highest BCUT2D eigenvalue weighted by atomic mass is 79.9. The van der Waals surface area contributed by atoms with Gasteiger partial charge in [0.1, 0.15) is 10.7 Å². The monoisotopic (exact) mass is 339 g/mol. The maximum absolute atomic E-state index is 4.82. The van der Waals surface area contributed by atoms with Gasteiger partial charge in [-0.25, -0.2) is 4.98 Å². The normalized spacial score (nSPS) is 11.8. The lowest BCUT2D eigenvalue weighted by Gasteiger charge is -2.17. The minimum Gasteiger partial charge on any atom is -0.315 e. The van der Waals surface area contributed by atoms with Crippen LogP contribution >= 0.6 is 27.3 Å². The van der Waals surface area contributed by atoms with Crippen molar-refractivity contribution in [3.8, 4) is 10.7 Å². The lowest BCUT2D eigenvalue weighted by Crippen LogP contribution is -2.16. The molecule has 0 bridgehead atoms. The summed E-state index contributed by atoms with van der Waals surface area (Å²) >= 11 is 5.26. The number of halogens is 1. The molecule has 5 heteroatoms. The second-order valence-electron chi connectivity index (χ2n) is 5.40. The second kappa shape index (κ2) is 5.69. The molecule has 0 fully saturated rings. The first kappa shape index (κ1) is 14.6. The number of nitrogens with one attached hydrogen (secondary N) is 1. The topological polar surface area (TPSA) is 37.8 Å². The first-order valence-electron chi connectivity index (χ1n) is 6.19. The van der Waals surface area contributed by atoms with E-state index in [1.54, 1.807) is 17.5 Å². The molecule has 2 rings (SSSR count). The highest BCUT2D eigenvalue weighted by molar-refractivity contribution is 9.10. The summed E-state index contributed by atoms with van der Waals surface area (Å²) in [5, 5.41) is 4.19. The van der Waals surface area contributed by atoms with Crippen molar-refractivity contribution in [2.75, 3.05) is 7.05 Å². The van der Waals surface area contributed by atoms with E-state index in [-0.39, 0.29) is 5.41 Å². The molecule has 0 aromatic carbocycles. The number of hydrogen-bond acceptors (Lipinski definition) is 4. The maximum Gasteiger partial charge on any atom is 0.143 e. The smallest absolute Gasteiger partial charge is 0.143 e. The summed E-state index contributed by atoms with van der Waals surface area (Å²) in [6, 6.07) is 3.92. The van der Waals surface area contributed by atoms with Crippen molar-refractivity contribution < 1.29 is 0 Å². The third kappa shape index (κ3) is 3.22. The van der Waals surface area contributed by atoms with Crippen LogP contribution < -0.4 is 5.32 Å². The van der Waals surface area contributed by atoms with Gasteiger partial charge < -0.3 is 5.32 Å². The molecule has 1 N–H and O–H groups in total. The van der Waals surface area contributed by atoms with E-state index in [0.29, 0.717) is 0 Å². The van der Waals surface area contributed by atoms with Crippen molar-refractivity contribution in [1.29, 1.82) is 0 Å². The SMILES string of the molecule is CNCc1sc(-c2ncccc2Br)nc1C(C)(C)C. The third-order valence-corrected chi connectivity index (χ3v) is 4.41. The van der Waals surface area contributed by atoms with Crippen LogP contribution in [0.25, 0.3) is 10.7 Å². The van der Waals surface area contributed by atoms with E-state index >= 15 is 0 Å². The zero-order valence-corrected chi connectivity index (χ0v) is 14.0. The fourth-order valence-electron chi connectivity index (χ4n) is 1.86. The molecule has 3 nitrogen and oxygen atoms in total. The molecule has 0 saturated carbocycles.